The molecule has 1 saturated heterocycles. The van der Waals surface area contributed by atoms with Gasteiger partial charge in [-0.3, -0.25) is 4.79 Å². The molecule has 0 spiro atoms. The third kappa shape index (κ3) is 3.07. The van der Waals surface area contributed by atoms with Crippen molar-refractivity contribution in [2.45, 2.75) is 38.4 Å². The Labute approximate surface area is 152 Å². The van der Waals surface area contributed by atoms with Gasteiger partial charge in [0.25, 0.3) is 5.91 Å². The Hall–Kier alpha value is -2.76. The second-order valence-corrected chi connectivity index (χ2v) is 7.03. The number of hydrogen-bond acceptors (Lipinski definition) is 3. The molecule has 3 heterocycles. The predicted octanol–water partition coefficient (Wildman–Crippen LogP) is 3.17. The molecule has 0 saturated carbocycles. The number of rotatable bonds is 2. The largest absolute Gasteiger partial charge is 0.472 e. The lowest BCUT2D eigenvalue weighted by atomic mass is 10.0. The first-order valence-corrected chi connectivity index (χ1v) is 9.10. The van der Waals surface area contributed by atoms with Crippen molar-refractivity contribution in [1.29, 1.82) is 0 Å². The number of amides is 3. The molecule has 1 unspecified atom stereocenters. The maximum Gasteiger partial charge on any atom is 0.318 e. The third-order valence-corrected chi connectivity index (χ3v) is 5.45. The fourth-order valence-electron chi connectivity index (χ4n) is 3.87. The van der Waals surface area contributed by atoms with Crippen LogP contribution in [0.3, 0.4) is 0 Å². The summed E-state index contributed by atoms with van der Waals surface area (Å²) in [5.41, 5.74) is 3.02. The second kappa shape index (κ2) is 6.86. The van der Waals surface area contributed by atoms with Crippen LogP contribution in [-0.2, 0) is 6.54 Å². The van der Waals surface area contributed by atoms with E-state index in [2.05, 4.69) is 24.4 Å². The van der Waals surface area contributed by atoms with Crippen molar-refractivity contribution < 1.29 is 14.0 Å². The molecule has 0 bridgehead atoms. The highest BCUT2D eigenvalue weighted by molar-refractivity contribution is 5.93. The van der Waals surface area contributed by atoms with Gasteiger partial charge < -0.3 is 19.5 Å². The predicted molar refractivity (Wildman–Crippen MR) is 96.6 cm³/mol. The van der Waals surface area contributed by atoms with Crippen molar-refractivity contribution in [3.05, 3.63) is 59.5 Å². The minimum absolute atomic E-state index is 0.00728. The van der Waals surface area contributed by atoms with Crippen LogP contribution >= 0.6 is 0 Å². The minimum atomic E-state index is -0.0201. The van der Waals surface area contributed by atoms with Crippen molar-refractivity contribution in [2.24, 2.45) is 0 Å². The molecule has 0 radical (unpaired) electrons. The lowest BCUT2D eigenvalue weighted by Gasteiger charge is -2.33. The maximum absolute atomic E-state index is 12.7. The van der Waals surface area contributed by atoms with Crippen LogP contribution < -0.4 is 5.32 Å². The molecule has 1 aromatic heterocycles. The van der Waals surface area contributed by atoms with E-state index in [-0.39, 0.29) is 24.0 Å². The number of furan rings is 1. The summed E-state index contributed by atoms with van der Waals surface area (Å²) < 4.78 is 4.98. The zero-order valence-electron chi connectivity index (χ0n) is 14.9. The van der Waals surface area contributed by atoms with Gasteiger partial charge in [-0.2, -0.15) is 0 Å². The van der Waals surface area contributed by atoms with Crippen LogP contribution in [0.15, 0.2) is 47.3 Å². The monoisotopic (exact) mass is 353 g/mol. The molecule has 2 aromatic rings. The number of urea groups is 1. The molecule has 6 nitrogen and oxygen atoms in total. The molecule has 1 atom stereocenters. The summed E-state index contributed by atoms with van der Waals surface area (Å²) in [4.78, 5) is 28.8. The van der Waals surface area contributed by atoms with Gasteiger partial charge in [0.2, 0.25) is 0 Å². The number of nitrogens with one attached hydrogen (secondary N) is 1. The first kappa shape index (κ1) is 16.7. The second-order valence-electron chi connectivity index (χ2n) is 7.03. The van der Waals surface area contributed by atoms with Gasteiger partial charge in [-0.15, -0.1) is 0 Å². The lowest BCUT2D eigenvalue weighted by Crippen LogP contribution is -2.49. The Bertz CT molecular complexity index is 794. The molecular weight excluding hydrogens is 330 g/mol. The topological polar surface area (TPSA) is 65.8 Å². The molecule has 3 amide bonds. The number of carbonyl (C=O) groups is 2. The van der Waals surface area contributed by atoms with E-state index in [0.717, 1.165) is 12.8 Å². The van der Waals surface area contributed by atoms with Crippen molar-refractivity contribution >= 4 is 11.9 Å². The number of carbonyl (C=O) groups excluding carboxylic acids is 2. The normalized spacial score (nSPS) is 20.1. The summed E-state index contributed by atoms with van der Waals surface area (Å²) in [7, 11) is 0. The molecule has 136 valence electrons. The molecular formula is C20H23N3O3. The minimum Gasteiger partial charge on any atom is -0.472 e. The average Bonchev–Trinajstić information content (AvgIpc) is 3.31. The highest BCUT2D eigenvalue weighted by Gasteiger charge is 2.32. The first-order valence-electron chi connectivity index (χ1n) is 9.10. The lowest BCUT2D eigenvalue weighted by molar-refractivity contribution is 0.0705. The molecule has 1 aromatic carbocycles. The quantitative estimate of drug-likeness (QED) is 0.902. The first-order chi connectivity index (χ1) is 12.6. The molecule has 1 N–H and O–H groups in total. The number of hydrogen-bond donors (Lipinski definition) is 1. The summed E-state index contributed by atoms with van der Waals surface area (Å²) in [5.74, 6) is -0.00728. The van der Waals surface area contributed by atoms with Crippen LogP contribution in [0, 0.1) is 0 Å². The van der Waals surface area contributed by atoms with E-state index in [4.69, 9.17) is 4.42 Å². The Morgan fingerprint density at radius 1 is 1.15 bits per heavy atom. The van der Waals surface area contributed by atoms with E-state index < -0.39 is 0 Å². The summed E-state index contributed by atoms with van der Waals surface area (Å²) in [6.45, 7) is 4.01. The van der Waals surface area contributed by atoms with Crippen LogP contribution in [-0.4, -0.2) is 40.9 Å². The molecule has 1 fully saturated rings. The Kier molecular flexibility index (Phi) is 4.41. The van der Waals surface area contributed by atoms with E-state index >= 15 is 0 Å². The van der Waals surface area contributed by atoms with Crippen molar-refractivity contribution in [1.82, 2.24) is 15.1 Å². The van der Waals surface area contributed by atoms with E-state index in [9.17, 15) is 9.59 Å². The maximum atomic E-state index is 12.7. The summed E-state index contributed by atoms with van der Waals surface area (Å²) in [6.07, 6.45) is 4.52. The molecule has 2 aliphatic rings. The molecule has 2 aliphatic heterocycles. The SMILES string of the molecule is CC1c2ccccc2CN1C(=O)NC1CCN(C(=O)c2ccoc2)CC1. The van der Waals surface area contributed by atoms with Gasteiger partial charge in [-0.25, -0.2) is 4.79 Å². The average molecular weight is 353 g/mol. The summed E-state index contributed by atoms with van der Waals surface area (Å²) in [6, 6.07) is 10.1. The van der Waals surface area contributed by atoms with Gasteiger partial charge in [-0.1, -0.05) is 24.3 Å². The Morgan fingerprint density at radius 3 is 2.62 bits per heavy atom. The van der Waals surface area contributed by atoms with Gasteiger partial charge in [0.05, 0.1) is 17.9 Å². The van der Waals surface area contributed by atoms with Crippen molar-refractivity contribution in [3.63, 3.8) is 0 Å². The van der Waals surface area contributed by atoms with Crippen molar-refractivity contribution in [3.8, 4) is 0 Å². The van der Waals surface area contributed by atoms with E-state index in [1.54, 1.807) is 6.07 Å². The number of piperidine rings is 1. The van der Waals surface area contributed by atoms with E-state index in [0.29, 0.717) is 25.2 Å². The van der Waals surface area contributed by atoms with Gasteiger partial charge in [0, 0.05) is 25.7 Å². The van der Waals surface area contributed by atoms with E-state index in [1.165, 1.54) is 23.7 Å². The van der Waals surface area contributed by atoms with Gasteiger partial charge in [-0.05, 0) is 37.0 Å². The number of nitrogens with zero attached hydrogens (tertiary/aromatic N) is 2. The zero-order chi connectivity index (χ0) is 18.1. The van der Waals surface area contributed by atoms with Crippen LogP contribution in [0.25, 0.3) is 0 Å². The fourth-order valence-corrected chi connectivity index (χ4v) is 3.87. The van der Waals surface area contributed by atoms with Crippen LogP contribution in [0.2, 0.25) is 0 Å². The highest BCUT2D eigenvalue weighted by Crippen LogP contribution is 2.33. The van der Waals surface area contributed by atoms with Crippen molar-refractivity contribution in [2.75, 3.05) is 13.1 Å². The molecule has 4 rings (SSSR count). The van der Waals surface area contributed by atoms with Crippen LogP contribution in [0.4, 0.5) is 4.79 Å². The number of benzene rings is 1. The van der Waals surface area contributed by atoms with Gasteiger partial charge >= 0.3 is 6.03 Å². The molecule has 26 heavy (non-hydrogen) atoms. The van der Waals surface area contributed by atoms with Gasteiger partial charge in [0.1, 0.15) is 6.26 Å². The summed E-state index contributed by atoms with van der Waals surface area (Å²) >= 11 is 0. The standard InChI is InChI=1S/C20H23N3O3/c1-14-18-5-3-2-4-15(18)12-23(14)20(25)21-17-6-9-22(10-7-17)19(24)16-8-11-26-13-16/h2-5,8,11,13-14,17H,6-7,9-10,12H2,1H3,(H,21,25). The smallest absolute Gasteiger partial charge is 0.318 e. The highest BCUT2D eigenvalue weighted by atomic mass is 16.3. The molecule has 6 heteroatoms. The van der Waals surface area contributed by atoms with Crippen LogP contribution in [0.1, 0.15) is 47.3 Å². The Balaban J connectivity index is 1.31. The third-order valence-electron chi connectivity index (χ3n) is 5.45. The van der Waals surface area contributed by atoms with Crippen LogP contribution in [0.5, 0.6) is 0 Å². The Morgan fingerprint density at radius 2 is 1.92 bits per heavy atom. The van der Waals surface area contributed by atoms with Gasteiger partial charge in [0.15, 0.2) is 0 Å². The fraction of sp³-hybridized carbons (Fsp3) is 0.400. The summed E-state index contributed by atoms with van der Waals surface area (Å²) in [5, 5.41) is 3.15. The number of fused-ring (bicyclic) bond motifs is 1. The molecule has 0 aliphatic carbocycles. The van der Waals surface area contributed by atoms with E-state index in [1.807, 2.05) is 21.9 Å². The number of likely N-dealkylation sites (tertiary alicyclic amines) is 1. The zero-order valence-corrected chi connectivity index (χ0v) is 14.9.